The third kappa shape index (κ3) is 0.978. The summed E-state index contributed by atoms with van der Waals surface area (Å²) in [6.07, 6.45) is 2.12. The zero-order valence-electron chi connectivity index (χ0n) is 7.00. The lowest BCUT2D eigenvalue weighted by molar-refractivity contribution is 1.74. The topological polar surface area (TPSA) is 0 Å². The molecule has 60 valence electrons. The Hall–Kier alpha value is -1.08. The van der Waals surface area contributed by atoms with Gasteiger partial charge in [0.1, 0.15) is 0 Å². The summed E-state index contributed by atoms with van der Waals surface area (Å²) in [6, 6.07) is 8.39. The second-order valence-electron chi connectivity index (χ2n) is 2.73. The first-order valence-electron chi connectivity index (χ1n) is 3.96. The molecule has 0 saturated heterocycles. The summed E-state index contributed by atoms with van der Waals surface area (Å²) in [4.78, 5) is 0. The van der Waals surface area contributed by atoms with Gasteiger partial charge in [-0.25, -0.2) is 0 Å². The largest absolute Gasteiger partial charge is 0.136 e. The van der Waals surface area contributed by atoms with Gasteiger partial charge in [0.25, 0.3) is 0 Å². The molecule has 0 radical (unpaired) electrons. The van der Waals surface area contributed by atoms with Crippen LogP contribution in [0.15, 0.2) is 24.3 Å². The lowest BCUT2D eigenvalue weighted by Gasteiger charge is -1.83. The maximum absolute atomic E-state index is 4.06. The normalized spacial score (nSPS) is 12.6. The highest BCUT2D eigenvalue weighted by Crippen LogP contribution is 2.11. The molecule has 0 aliphatic carbocycles. The van der Waals surface area contributed by atoms with Gasteiger partial charge >= 0.3 is 0 Å². The van der Waals surface area contributed by atoms with Gasteiger partial charge in [-0.1, -0.05) is 30.9 Å². The van der Waals surface area contributed by atoms with E-state index in [1.165, 1.54) is 14.6 Å². The standard InChI is InChI=1S/C11H10S/c1-3-10-8(2)9-6-4-5-7-11(9)12-10/h3-7H,2H2,1H3/b10-3+. The van der Waals surface area contributed by atoms with Crippen LogP contribution in [0.2, 0.25) is 0 Å². The number of fused-ring (bicyclic) bond motifs is 1. The van der Waals surface area contributed by atoms with Crippen LogP contribution in [-0.2, 0) is 0 Å². The van der Waals surface area contributed by atoms with Crippen LogP contribution in [0, 0.1) is 0 Å². The van der Waals surface area contributed by atoms with E-state index in [0.29, 0.717) is 0 Å². The fourth-order valence-electron chi connectivity index (χ4n) is 1.35. The highest BCUT2D eigenvalue weighted by atomic mass is 32.1. The minimum Gasteiger partial charge on any atom is -0.136 e. The summed E-state index contributed by atoms with van der Waals surface area (Å²) in [6.45, 7) is 6.11. The van der Waals surface area contributed by atoms with Crippen molar-refractivity contribution in [1.29, 1.82) is 0 Å². The molecule has 0 nitrogen and oxygen atoms in total. The summed E-state index contributed by atoms with van der Waals surface area (Å²) in [5.41, 5.74) is 0. The molecule has 0 atom stereocenters. The summed E-state index contributed by atoms with van der Waals surface area (Å²) in [7, 11) is 0. The van der Waals surface area contributed by atoms with Crippen LogP contribution < -0.4 is 9.75 Å². The SMILES string of the molecule is C=c1/c(=C\C)sc2ccccc12. The van der Waals surface area contributed by atoms with E-state index in [2.05, 4.69) is 43.8 Å². The van der Waals surface area contributed by atoms with Gasteiger partial charge in [0.2, 0.25) is 0 Å². The molecule has 2 aromatic rings. The first-order chi connectivity index (χ1) is 5.83. The smallest absolute Gasteiger partial charge is 0.0355 e. The van der Waals surface area contributed by atoms with Crippen LogP contribution in [0.25, 0.3) is 22.7 Å². The molecule has 1 aromatic carbocycles. The Morgan fingerprint density at radius 3 is 2.75 bits per heavy atom. The molecule has 0 spiro atoms. The maximum Gasteiger partial charge on any atom is 0.0355 e. The van der Waals surface area contributed by atoms with Gasteiger partial charge in [-0.15, -0.1) is 11.3 Å². The average molecular weight is 174 g/mol. The van der Waals surface area contributed by atoms with Crippen molar-refractivity contribution in [2.45, 2.75) is 6.92 Å². The van der Waals surface area contributed by atoms with Gasteiger partial charge in [0.15, 0.2) is 0 Å². The lowest BCUT2D eigenvalue weighted by atomic mass is 10.2. The van der Waals surface area contributed by atoms with Crippen LogP contribution in [0.3, 0.4) is 0 Å². The summed E-state index contributed by atoms with van der Waals surface area (Å²) in [5.74, 6) is 0. The van der Waals surface area contributed by atoms with E-state index in [0.717, 1.165) is 5.22 Å². The van der Waals surface area contributed by atoms with Crippen LogP contribution in [0.5, 0.6) is 0 Å². The van der Waals surface area contributed by atoms with Crippen molar-refractivity contribution in [3.8, 4) is 0 Å². The Morgan fingerprint density at radius 2 is 2.08 bits per heavy atom. The Labute approximate surface area is 75.5 Å². The molecular weight excluding hydrogens is 164 g/mol. The molecule has 1 aromatic heterocycles. The van der Waals surface area contributed by atoms with Crippen molar-refractivity contribution in [2.75, 3.05) is 0 Å². The van der Waals surface area contributed by atoms with E-state index < -0.39 is 0 Å². The summed E-state index contributed by atoms with van der Waals surface area (Å²) in [5, 5.41) is 2.45. The van der Waals surface area contributed by atoms with Crippen molar-refractivity contribution < 1.29 is 0 Å². The predicted molar refractivity (Wildman–Crippen MR) is 56.7 cm³/mol. The number of hydrogen-bond donors (Lipinski definition) is 0. The fraction of sp³-hybridized carbons (Fsp3) is 0.0909. The highest BCUT2D eigenvalue weighted by molar-refractivity contribution is 7.17. The van der Waals surface area contributed by atoms with Crippen molar-refractivity contribution in [3.63, 3.8) is 0 Å². The molecule has 0 amide bonds. The van der Waals surface area contributed by atoms with E-state index in [1.807, 2.05) is 0 Å². The third-order valence-corrected chi connectivity index (χ3v) is 3.27. The summed E-state index contributed by atoms with van der Waals surface area (Å²) < 4.78 is 2.62. The monoisotopic (exact) mass is 174 g/mol. The van der Waals surface area contributed by atoms with Crippen LogP contribution in [0.1, 0.15) is 6.92 Å². The molecule has 0 aliphatic heterocycles. The average Bonchev–Trinajstić information content (AvgIpc) is 2.44. The van der Waals surface area contributed by atoms with Gasteiger partial charge in [-0.2, -0.15) is 0 Å². The first kappa shape index (κ1) is 7.56. The van der Waals surface area contributed by atoms with Gasteiger partial charge in [0, 0.05) is 9.23 Å². The van der Waals surface area contributed by atoms with E-state index in [9.17, 15) is 0 Å². The molecule has 0 fully saturated rings. The highest BCUT2D eigenvalue weighted by Gasteiger charge is 1.95. The molecule has 2 rings (SSSR count). The number of benzene rings is 1. The predicted octanol–water partition coefficient (Wildman–Crippen LogP) is 2.11. The van der Waals surface area contributed by atoms with Gasteiger partial charge in [-0.05, 0) is 23.6 Å². The zero-order valence-corrected chi connectivity index (χ0v) is 7.82. The molecule has 12 heavy (non-hydrogen) atoms. The second kappa shape index (κ2) is 2.76. The van der Waals surface area contributed by atoms with Crippen LogP contribution in [-0.4, -0.2) is 0 Å². The molecule has 0 bridgehead atoms. The van der Waals surface area contributed by atoms with E-state index in [4.69, 9.17) is 0 Å². The fourth-order valence-corrected chi connectivity index (χ4v) is 2.39. The van der Waals surface area contributed by atoms with Crippen molar-refractivity contribution in [2.24, 2.45) is 0 Å². The number of rotatable bonds is 0. The molecule has 1 heteroatoms. The van der Waals surface area contributed by atoms with Gasteiger partial charge < -0.3 is 0 Å². The molecule has 0 aliphatic rings. The Morgan fingerprint density at radius 1 is 1.33 bits per heavy atom. The molecule has 0 N–H and O–H groups in total. The summed E-state index contributed by atoms with van der Waals surface area (Å²) >= 11 is 1.81. The Kier molecular flexibility index (Phi) is 1.74. The maximum atomic E-state index is 4.06. The number of hydrogen-bond acceptors (Lipinski definition) is 1. The van der Waals surface area contributed by atoms with Crippen LogP contribution >= 0.6 is 11.3 Å². The van der Waals surface area contributed by atoms with Crippen molar-refractivity contribution >= 4 is 34.1 Å². The molecule has 0 unspecified atom stereocenters. The van der Waals surface area contributed by atoms with E-state index in [1.54, 1.807) is 11.3 Å². The van der Waals surface area contributed by atoms with Crippen LogP contribution in [0.4, 0.5) is 0 Å². The van der Waals surface area contributed by atoms with E-state index >= 15 is 0 Å². The minimum atomic E-state index is 1.16. The molecule has 1 heterocycles. The van der Waals surface area contributed by atoms with Crippen molar-refractivity contribution in [1.82, 2.24) is 0 Å². The Bertz CT molecular complexity index is 505. The molecule has 0 saturated carbocycles. The minimum absolute atomic E-state index is 1.16. The first-order valence-corrected chi connectivity index (χ1v) is 4.77. The lowest BCUT2D eigenvalue weighted by Crippen LogP contribution is -2.15. The van der Waals surface area contributed by atoms with Gasteiger partial charge in [-0.3, -0.25) is 0 Å². The van der Waals surface area contributed by atoms with Gasteiger partial charge in [0.05, 0.1) is 0 Å². The Balaban J connectivity index is 3.08. The molecular formula is C11H10S. The third-order valence-electron chi connectivity index (χ3n) is 1.99. The quantitative estimate of drug-likeness (QED) is 0.574. The van der Waals surface area contributed by atoms with Crippen molar-refractivity contribution in [3.05, 3.63) is 34.0 Å². The second-order valence-corrected chi connectivity index (χ2v) is 3.81. The zero-order chi connectivity index (χ0) is 8.55. The number of thiophene rings is 1. The van der Waals surface area contributed by atoms with E-state index in [-0.39, 0.29) is 0 Å².